The molecule has 0 bridgehead atoms. The van der Waals surface area contributed by atoms with Gasteiger partial charge in [-0.2, -0.15) is 5.10 Å². The van der Waals surface area contributed by atoms with Gasteiger partial charge < -0.3 is 5.11 Å². The molecule has 1 aromatic carbocycles. The minimum atomic E-state index is -0.550. The summed E-state index contributed by atoms with van der Waals surface area (Å²) in [5, 5.41) is 24.5. The minimum Gasteiger partial charge on any atom is -0.506 e. The van der Waals surface area contributed by atoms with Crippen molar-refractivity contribution in [1.82, 2.24) is 4.98 Å². The molecule has 2 aromatic rings. The molecule has 7 nitrogen and oxygen atoms in total. The molecule has 0 spiro atoms. The quantitative estimate of drug-likeness (QED) is 0.509. The predicted molar refractivity (Wildman–Crippen MR) is 80.2 cm³/mol. The molecule has 21 heavy (non-hydrogen) atoms. The number of hydrazone groups is 1. The Morgan fingerprint density at radius 2 is 2.14 bits per heavy atom. The highest BCUT2D eigenvalue weighted by Crippen LogP contribution is 2.29. The Hall–Kier alpha value is -2.38. The fourth-order valence-corrected chi connectivity index (χ4v) is 1.92. The van der Waals surface area contributed by atoms with Gasteiger partial charge in [-0.3, -0.25) is 15.5 Å². The van der Waals surface area contributed by atoms with Gasteiger partial charge in [0, 0.05) is 16.7 Å². The van der Waals surface area contributed by atoms with Gasteiger partial charge in [-0.15, -0.1) is 0 Å². The number of phenolic OH excluding ortho intramolecular Hbond substituents is 1. The van der Waals surface area contributed by atoms with Crippen molar-refractivity contribution in [3.05, 3.63) is 56.2 Å². The van der Waals surface area contributed by atoms with Crippen LogP contribution in [0.25, 0.3) is 0 Å². The summed E-state index contributed by atoms with van der Waals surface area (Å²) < 4.78 is 0. The Kier molecular flexibility index (Phi) is 4.56. The number of nitrogens with one attached hydrogen (secondary N) is 1. The lowest BCUT2D eigenvalue weighted by Gasteiger charge is -2.02. The number of pyridine rings is 1. The molecule has 0 unspecified atom stereocenters. The van der Waals surface area contributed by atoms with Crippen LogP contribution in [-0.4, -0.2) is 21.2 Å². The largest absolute Gasteiger partial charge is 0.506 e. The number of benzene rings is 1. The molecule has 0 atom stereocenters. The summed E-state index contributed by atoms with van der Waals surface area (Å²) in [6.45, 7) is 0. The first-order valence-electron chi connectivity index (χ1n) is 5.55. The minimum absolute atomic E-state index is 0.109. The number of halogens is 2. The van der Waals surface area contributed by atoms with Crippen molar-refractivity contribution < 1.29 is 10.0 Å². The van der Waals surface area contributed by atoms with E-state index in [-0.39, 0.29) is 16.5 Å². The topological polar surface area (TPSA) is 101 Å². The summed E-state index contributed by atoms with van der Waals surface area (Å²) >= 11 is 11.6. The van der Waals surface area contributed by atoms with Crippen LogP contribution in [0.5, 0.6) is 5.75 Å². The smallest absolute Gasteiger partial charge is 0.287 e. The lowest BCUT2D eigenvalue weighted by Crippen LogP contribution is -1.95. The predicted octanol–water partition coefficient (Wildman–Crippen LogP) is 3.45. The van der Waals surface area contributed by atoms with Gasteiger partial charge in [0.1, 0.15) is 17.8 Å². The zero-order chi connectivity index (χ0) is 15.4. The lowest BCUT2D eigenvalue weighted by atomic mass is 10.2. The van der Waals surface area contributed by atoms with Gasteiger partial charge in [-0.25, -0.2) is 4.98 Å². The first-order chi connectivity index (χ1) is 9.97. The molecule has 0 amide bonds. The fraction of sp³-hybridized carbons (Fsp3) is 0. The molecular weight excluding hydrogens is 319 g/mol. The maximum absolute atomic E-state index is 10.5. The van der Waals surface area contributed by atoms with Crippen LogP contribution in [-0.2, 0) is 0 Å². The number of nitro groups is 1. The highest BCUT2D eigenvalue weighted by Gasteiger charge is 2.06. The van der Waals surface area contributed by atoms with E-state index in [1.165, 1.54) is 30.5 Å². The van der Waals surface area contributed by atoms with Crippen molar-refractivity contribution in [3.8, 4) is 5.75 Å². The third kappa shape index (κ3) is 3.80. The van der Waals surface area contributed by atoms with Crippen LogP contribution >= 0.6 is 23.2 Å². The van der Waals surface area contributed by atoms with Gasteiger partial charge in [-0.1, -0.05) is 23.2 Å². The fourth-order valence-electron chi connectivity index (χ4n) is 1.41. The third-order valence-electron chi connectivity index (χ3n) is 2.40. The molecule has 0 fully saturated rings. The SMILES string of the molecule is O=[N+]([O-])c1ccc(N/N=C/c2cc(Cl)cc(Cl)c2O)nc1. The van der Waals surface area contributed by atoms with Crippen molar-refractivity contribution in [2.75, 3.05) is 5.43 Å². The first kappa shape index (κ1) is 15.0. The van der Waals surface area contributed by atoms with E-state index in [4.69, 9.17) is 23.2 Å². The normalized spacial score (nSPS) is 10.8. The van der Waals surface area contributed by atoms with Gasteiger partial charge in [-0.05, 0) is 18.2 Å². The number of nitrogens with zero attached hydrogens (tertiary/aromatic N) is 3. The van der Waals surface area contributed by atoms with E-state index in [0.29, 0.717) is 16.4 Å². The first-order valence-corrected chi connectivity index (χ1v) is 6.30. The molecule has 0 aliphatic rings. The molecule has 0 aliphatic carbocycles. The summed E-state index contributed by atoms with van der Waals surface area (Å²) in [7, 11) is 0. The van der Waals surface area contributed by atoms with Crippen LogP contribution in [0.3, 0.4) is 0 Å². The molecule has 1 heterocycles. The van der Waals surface area contributed by atoms with Crippen LogP contribution in [0, 0.1) is 10.1 Å². The Labute approximate surface area is 129 Å². The number of phenols is 1. The summed E-state index contributed by atoms with van der Waals surface area (Å²) in [4.78, 5) is 13.7. The number of hydrogen-bond donors (Lipinski definition) is 2. The molecule has 0 saturated carbocycles. The van der Waals surface area contributed by atoms with E-state index in [0.717, 1.165) is 6.20 Å². The van der Waals surface area contributed by atoms with E-state index in [2.05, 4.69) is 15.5 Å². The molecule has 0 saturated heterocycles. The van der Waals surface area contributed by atoms with E-state index >= 15 is 0 Å². The summed E-state index contributed by atoms with van der Waals surface area (Å²) in [5.74, 6) is 0.160. The maximum Gasteiger partial charge on any atom is 0.287 e. The number of aromatic hydroxyl groups is 1. The van der Waals surface area contributed by atoms with Gasteiger partial charge in [0.15, 0.2) is 0 Å². The zero-order valence-corrected chi connectivity index (χ0v) is 11.8. The Morgan fingerprint density at radius 1 is 1.38 bits per heavy atom. The number of anilines is 1. The number of aromatic nitrogens is 1. The highest BCUT2D eigenvalue weighted by atomic mass is 35.5. The molecule has 0 aliphatic heterocycles. The van der Waals surface area contributed by atoms with Crippen LogP contribution in [0.4, 0.5) is 11.5 Å². The highest BCUT2D eigenvalue weighted by molar-refractivity contribution is 6.36. The molecule has 9 heteroatoms. The Balaban J connectivity index is 2.10. The molecule has 2 N–H and O–H groups in total. The second kappa shape index (κ2) is 6.38. The third-order valence-corrected chi connectivity index (χ3v) is 2.91. The van der Waals surface area contributed by atoms with Gasteiger partial charge in [0.25, 0.3) is 5.69 Å². The summed E-state index contributed by atoms with van der Waals surface area (Å²) in [6, 6.07) is 5.58. The number of hydrogen-bond acceptors (Lipinski definition) is 6. The van der Waals surface area contributed by atoms with E-state index in [1.54, 1.807) is 0 Å². The van der Waals surface area contributed by atoms with Crippen molar-refractivity contribution in [3.63, 3.8) is 0 Å². The number of rotatable bonds is 4. The van der Waals surface area contributed by atoms with Crippen molar-refractivity contribution in [2.45, 2.75) is 0 Å². The van der Waals surface area contributed by atoms with Crippen molar-refractivity contribution in [2.24, 2.45) is 5.10 Å². The summed E-state index contributed by atoms with van der Waals surface area (Å²) in [5.41, 5.74) is 2.76. The monoisotopic (exact) mass is 326 g/mol. The average Bonchev–Trinajstić information content (AvgIpc) is 2.44. The lowest BCUT2D eigenvalue weighted by molar-refractivity contribution is -0.385. The van der Waals surface area contributed by atoms with E-state index in [1.807, 2.05) is 0 Å². The molecule has 0 radical (unpaired) electrons. The van der Waals surface area contributed by atoms with Crippen LogP contribution in [0.15, 0.2) is 35.6 Å². The summed E-state index contributed by atoms with van der Waals surface area (Å²) in [6.07, 6.45) is 2.40. The van der Waals surface area contributed by atoms with Gasteiger partial charge in [0.05, 0.1) is 16.2 Å². The van der Waals surface area contributed by atoms with Gasteiger partial charge >= 0.3 is 0 Å². The Morgan fingerprint density at radius 3 is 2.76 bits per heavy atom. The standard InChI is InChI=1S/C12H8Cl2N4O3/c13-8-3-7(12(19)10(14)4-8)5-16-17-11-2-1-9(6-15-11)18(20)21/h1-6,19H,(H,15,17)/b16-5+. The molecular formula is C12H8Cl2N4O3. The van der Waals surface area contributed by atoms with Crippen molar-refractivity contribution >= 4 is 40.9 Å². The van der Waals surface area contributed by atoms with E-state index < -0.39 is 4.92 Å². The second-order valence-electron chi connectivity index (χ2n) is 3.85. The van der Waals surface area contributed by atoms with E-state index in [9.17, 15) is 15.2 Å². The molecule has 108 valence electrons. The van der Waals surface area contributed by atoms with Crippen molar-refractivity contribution in [1.29, 1.82) is 0 Å². The second-order valence-corrected chi connectivity index (χ2v) is 4.70. The van der Waals surface area contributed by atoms with Crippen LogP contribution in [0.1, 0.15) is 5.56 Å². The molecule has 1 aromatic heterocycles. The maximum atomic E-state index is 10.5. The van der Waals surface area contributed by atoms with Crippen LogP contribution in [0.2, 0.25) is 10.0 Å². The average molecular weight is 327 g/mol. The molecule has 2 rings (SSSR count). The van der Waals surface area contributed by atoms with Crippen LogP contribution < -0.4 is 5.43 Å². The Bertz CT molecular complexity index is 704. The zero-order valence-electron chi connectivity index (χ0n) is 10.3. The van der Waals surface area contributed by atoms with Gasteiger partial charge in [0.2, 0.25) is 0 Å².